The summed E-state index contributed by atoms with van der Waals surface area (Å²) in [4.78, 5) is 47.9. The van der Waals surface area contributed by atoms with Crippen LogP contribution in [0.2, 0.25) is 0 Å². The number of likely N-dealkylation sites (tertiary alicyclic amines) is 1. The predicted octanol–water partition coefficient (Wildman–Crippen LogP) is 0.684. The summed E-state index contributed by atoms with van der Waals surface area (Å²) in [5.41, 5.74) is -1.35. The van der Waals surface area contributed by atoms with Crippen LogP contribution in [0.4, 0.5) is 0 Å². The van der Waals surface area contributed by atoms with Crippen molar-refractivity contribution in [2.24, 2.45) is 5.41 Å². The van der Waals surface area contributed by atoms with Crippen LogP contribution in [0.15, 0.2) is 0 Å². The minimum atomic E-state index is -1.35. The molecule has 1 saturated heterocycles. The largest absolute Gasteiger partial charge is 0.465 e. The molecule has 0 aromatic rings. The molecule has 0 radical (unpaired) electrons. The Kier molecular flexibility index (Phi) is 4.80. The Morgan fingerprint density at radius 3 is 2.21 bits per heavy atom. The van der Waals surface area contributed by atoms with Gasteiger partial charge >= 0.3 is 5.97 Å². The predicted molar refractivity (Wildman–Crippen MR) is 66.0 cm³/mol. The van der Waals surface area contributed by atoms with Gasteiger partial charge in [-0.1, -0.05) is 0 Å². The molecule has 1 heterocycles. The topological polar surface area (TPSA) is 80.8 Å². The van der Waals surface area contributed by atoms with Crippen LogP contribution >= 0.6 is 0 Å². The highest BCUT2D eigenvalue weighted by Crippen LogP contribution is 2.21. The summed E-state index contributed by atoms with van der Waals surface area (Å²) < 4.78 is 4.82. The maximum Gasteiger partial charge on any atom is 0.319 e. The van der Waals surface area contributed by atoms with Crippen molar-refractivity contribution in [2.75, 3.05) is 13.2 Å². The number of Topliss-reactive ketones (excluding diaryl/α,β-unsaturated/α-hetero) is 1. The van der Waals surface area contributed by atoms with Crippen LogP contribution in [0, 0.1) is 5.41 Å². The van der Waals surface area contributed by atoms with Gasteiger partial charge in [0.25, 0.3) is 0 Å². The highest BCUT2D eigenvalue weighted by atomic mass is 16.5. The number of esters is 1. The number of ketones is 1. The van der Waals surface area contributed by atoms with Crippen molar-refractivity contribution in [1.29, 1.82) is 0 Å². The standard InChI is InChI=1S/C13H19NO5/c1-4-19-12(18)13(2,3)9(15)8-14-10(16)6-5-7-11(14)17/h4-8H2,1-3H3. The van der Waals surface area contributed by atoms with E-state index in [2.05, 4.69) is 0 Å². The van der Waals surface area contributed by atoms with Crippen molar-refractivity contribution < 1.29 is 23.9 Å². The fourth-order valence-electron chi connectivity index (χ4n) is 1.74. The van der Waals surface area contributed by atoms with Gasteiger partial charge in [0.05, 0.1) is 13.2 Å². The number of imide groups is 1. The molecule has 106 valence electrons. The average Bonchev–Trinajstić information content (AvgIpc) is 2.34. The number of hydrogen-bond acceptors (Lipinski definition) is 5. The smallest absolute Gasteiger partial charge is 0.319 e. The summed E-state index contributed by atoms with van der Waals surface area (Å²) in [6, 6.07) is 0. The number of ether oxygens (including phenoxy) is 1. The molecule has 19 heavy (non-hydrogen) atoms. The number of nitrogens with zero attached hydrogens (tertiary/aromatic N) is 1. The van der Waals surface area contributed by atoms with Crippen LogP contribution < -0.4 is 0 Å². The minimum absolute atomic E-state index is 0.178. The Morgan fingerprint density at radius 2 is 1.74 bits per heavy atom. The lowest BCUT2D eigenvalue weighted by Crippen LogP contribution is -2.48. The van der Waals surface area contributed by atoms with Gasteiger partial charge in [-0.25, -0.2) is 0 Å². The molecule has 0 bridgehead atoms. The van der Waals surface area contributed by atoms with Crippen LogP contribution in [0.3, 0.4) is 0 Å². The zero-order chi connectivity index (χ0) is 14.6. The molecule has 6 heteroatoms. The van der Waals surface area contributed by atoms with E-state index < -0.39 is 17.2 Å². The monoisotopic (exact) mass is 269 g/mol. The molecule has 0 spiro atoms. The second-order valence-corrected chi connectivity index (χ2v) is 5.00. The van der Waals surface area contributed by atoms with Gasteiger partial charge in [0, 0.05) is 12.8 Å². The maximum absolute atomic E-state index is 12.1. The molecule has 0 aromatic heterocycles. The average molecular weight is 269 g/mol. The molecule has 0 unspecified atom stereocenters. The van der Waals surface area contributed by atoms with E-state index in [0.717, 1.165) is 4.90 Å². The first-order valence-corrected chi connectivity index (χ1v) is 6.34. The highest BCUT2D eigenvalue weighted by molar-refractivity contribution is 6.08. The van der Waals surface area contributed by atoms with E-state index in [4.69, 9.17) is 4.74 Å². The molecule has 0 aromatic carbocycles. The Bertz CT molecular complexity index is 397. The maximum atomic E-state index is 12.1. The minimum Gasteiger partial charge on any atom is -0.465 e. The zero-order valence-corrected chi connectivity index (χ0v) is 11.5. The van der Waals surface area contributed by atoms with Gasteiger partial charge in [-0.05, 0) is 27.2 Å². The summed E-state index contributed by atoms with van der Waals surface area (Å²) in [6.45, 7) is 4.34. The van der Waals surface area contributed by atoms with Gasteiger partial charge in [0.15, 0.2) is 5.78 Å². The van der Waals surface area contributed by atoms with Crippen molar-refractivity contribution in [3.63, 3.8) is 0 Å². The molecular formula is C13H19NO5. The van der Waals surface area contributed by atoms with E-state index in [1.54, 1.807) is 6.92 Å². The summed E-state index contributed by atoms with van der Waals surface area (Å²) in [6.07, 6.45) is 1.04. The molecule has 0 aliphatic carbocycles. The van der Waals surface area contributed by atoms with Crippen LogP contribution in [0.5, 0.6) is 0 Å². The lowest BCUT2D eigenvalue weighted by Gasteiger charge is -2.28. The third-order valence-electron chi connectivity index (χ3n) is 3.17. The number of carbonyl (C=O) groups is 4. The summed E-state index contributed by atoms with van der Waals surface area (Å²) >= 11 is 0. The van der Waals surface area contributed by atoms with Gasteiger partial charge in [0.1, 0.15) is 5.41 Å². The summed E-state index contributed by atoms with van der Waals surface area (Å²) in [5.74, 6) is -1.85. The number of amides is 2. The van der Waals surface area contributed by atoms with E-state index in [0.29, 0.717) is 6.42 Å². The van der Waals surface area contributed by atoms with Crippen molar-refractivity contribution in [1.82, 2.24) is 4.90 Å². The van der Waals surface area contributed by atoms with Crippen LogP contribution in [0.25, 0.3) is 0 Å². The van der Waals surface area contributed by atoms with Crippen LogP contribution in [-0.4, -0.2) is 41.6 Å². The van der Waals surface area contributed by atoms with Crippen molar-refractivity contribution >= 4 is 23.6 Å². The SMILES string of the molecule is CCOC(=O)C(C)(C)C(=O)CN1C(=O)CCCC1=O. The number of rotatable bonds is 5. The van der Waals surface area contributed by atoms with E-state index in [-0.39, 0.29) is 37.8 Å². The summed E-state index contributed by atoms with van der Waals surface area (Å²) in [5, 5.41) is 0. The van der Waals surface area contributed by atoms with E-state index in [9.17, 15) is 19.2 Å². The van der Waals surface area contributed by atoms with Crippen LogP contribution in [0.1, 0.15) is 40.0 Å². The zero-order valence-electron chi connectivity index (χ0n) is 11.5. The summed E-state index contributed by atoms with van der Waals surface area (Å²) in [7, 11) is 0. The lowest BCUT2D eigenvalue weighted by atomic mass is 9.87. The van der Waals surface area contributed by atoms with Gasteiger partial charge in [0.2, 0.25) is 11.8 Å². The Hall–Kier alpha value is -1.72. The first kappa shape index (κ1) is 15.3. The normalized spacial score (nSPS) is 16.5. The Morgan fingerprint density at radius 1 is 1.21 bits per heavy atom. The fraction of sp³-hybridized carbons (Fsp3) is 0.692. The number of hydrogen-bond donors (Lipinski definition) is 0. The van der Waals surface area contributed by atoms with E-state index in [1.807, 2.05) is 0 Å². The molecule has 0 atom stereocenters. The molecule has 1 aliphatic heterocycles. The fourth-order valence-corrected chi connectivity index (χ4v) is 1.74. The molecule has 6 nitrogen and oxygen atoms in total. The van der Waals surface area contributed by atoms with Crippen molar-refractivity contribution in [3.05, 3.63) is 0 Å². The molecule has 1 fully saturated rings. The number of carbonyl (C=O) groups excluding carboxylic acids is 4. The first-order chi connectivity index (χ1) is 8.80. The van der Waals surface area contributed by atoms with Gasteiger partial charge < -0.3 is 4.74 Å². The Labute approximate surface area is 112 Å². The second-order valence-electron chi connectivity index (χ2n) is 5.00. The third kappa shape index (κ3) is 3.39. The van der Waals surface area contributed by atoms with E-state index in [1.165, 1.54) is 13.8 Å². The molecule has 1 rings (SSSR count). The lowest BCUT2D eigenvalue weighted by molar-refractivity contribution is -0.161. The molecule has 0 N–H and O–H groups in total. The van der Waals surface area contributed by atoms with Crippen molar-refractivity contribution in [2.45, 2.75) is 40.0 Å². The molecule has 2 amide bonds. The highest BCUT2D eigenvalue weighted by Gasteiger charge is 2.40. The molecule has 0 saturated carbocycles. The van der Waals surface area contributed by atoms with Crippen LogP contribution in [-0.2, 0) is 23.9 Å². The Balaban J connectivity index is 2.75. The molecular weight excluding hydrogens is 250 g/mol. The first-order valence-electron chi connectivity index (χ1n) is 6.34. The molecule has 1 aliphatic rings. The van der Waals surface area contributed by atoms with Gasteiger partial charge in [-0.3, -0.25) is 24.1 Å². The number of piperidine rings is 1. The van der Waals surface area contributed by atoms with E-state index >= 15 is 0 Å². The van der Waals surface area contributed by atoms with Gasteiger partial charge in [-0.15, -0.1) is 0 Å². The van der Waals surface area contributed by atoms with Crippen molar-refractivity contribution in [3.8, 4) is 0 Å². The second kappa shape index (κ2) is 5.95. The third-order valence-corrected chi connectivity index (χ3v) is 3.17. The quantitative estimate of drug-likeness (QED) is 0.416. The van der Waals surface area contributed by atoms with Gasteiger partial charge in [-0.2, -0.15) is 0 Å².